The normalized spacial score (nSPS) is 10.1. The molecule has 0 saturated carbocycles. The lowest BCUT2D eigenvalue weighted by molar-refractivity contribution is -0.141. The summed E-state index contributed by atoms with van der Waals surface area (Å²) >= 11 is 0. The zero-order valence-corrected chi connectivity index (χ0v) is 12.7. The number of carbonyl (C=O) groups is 3. The van der Waals surface area contributed by atoms with Crippen LogP contribution in [0.15, 0.2) is 0 Å². The zero-order chi connectivity index (χ0) is 16.0. The Hall–Kier alpha value is -2.31. The van der Waals surface area contributed by atoms with Crippen LogP contribution in [-0.4, -0.2) is 42.6 Å². The van der Waals surface area contributed by atoms with Crippen LogP contribution in [0, 0.1) is 13.8 Å². The summed E-state index contributed by atoms with van der Waals surface area (Å²) in [6, 6.07) is 0. The SMILES string of the molecule is CCOC(=O)CNC(=O)c1c(C)[nH]c(C(=O)OCC)c1C. The van der Waals surface area contributed by atoms with Crippen molar-refractivity contribution in [3.05, 3.63) is 22.5 Å². The highest BCUT2D eigenvalue weighted by Crippen LogP contribution is 2.18. The van der Waals surface area contributed by atoms with Gasteiger partial charge in [0.05, 0.1) is 18.8 Å². The molecule has 116 valence electrons. The van der Waals surface area contributed by atoms with E-state index >= 15 is 0 Å². The minimum atomic E-state index is -0.512. The highest BCUT2D eigenvalue weighted by molar-refractivity contribution is 6.02. The van der Waals surface area contributed by atoms with Gasteiger partial charge in [0.2, 0.25) is 0 Å². The van der Waals surface area contributed by atoms with Crippen molar-refractivity contribution in [3.63, 3.8) is 0 Å². The smallest absolute Gasteiger partial charge is 0.355 e. The van der Waals surface area contributed by atoms with Crippen LogP contribution in [-0.2, 0) is 14.3 Å². The molecule has 0 unspecified atom stereocenters. The monoisotopic (exact) mass is 296 g/mol. The van der Waals surface area contributed by atoms with Gasteiger partial charge in [0.15, 0.2) is 0 Å². The van der Waals surface area contributed by atoms with Gasteiger partial charge in [-0.3, -0.25) is 9.59 Å². The van der Waals surface area contributed by atoms with E-state index in [-0.39, 0.29) is 25.5 Å². The summed E-state index contributed by atoms with van der Waals surface area (Å²) < 4.78 is 9.64. The Bertz CT molecular complexity index is 548. The van der Waals surface area contributed by atoms with Crippen LogP contribution in [0.2, 0.25) is 0 Å². The number of aromatic nitrogens is 1. The van der Waals surface area contributed by atoms with E-state index in [1.165, 1.54) is 0 Å². The summed E-state index contributed by atoms with van der Waals surface area (Å²) in [5.74, 6) is -1.46. The van der Waals surface area contributed by atoms with Crippen molar-refractivity contribution in [2.75, 3.05) is 19.8 Å². The molecule has 0 aliphatic carbocycles. The maximum atomic E-state index is 12.1. The fourth-order valence-electron chi connectivity index (χ4n) is 1.95. The number of rotatable bonds is 6. The summed E-state index contributed by atoms with van der Waals surface area (Å²) in [4.78, 5) is 37.9. The summed E-state index contributed by atoms with van der Waals surface area (Å²) in [5.41, 5.74) is 1.61. The molecular formula is C14H20N2O5. The number of nitrogens with one attached hydrogen (secondary N) is 2. The van der Waals surface area contributed by atoms with Gasteiger partial charge < -0.3 is 19.8 Å². The van der Waals surface area contributed by atoms with Crippen molar-refractivity contribution in [1.82, 2.24) is 10.3 Å². The molecule has 0 aromatic carbocycles. The number of ether oxygens (including phenoxy) is 2. The number of H-pyrrole nitrogens is 1. The van der Waals surface area contributed by atoms with Gasteiger partial charge in [0, 0.05) is 5.69 Å². The first-order valence-electron chi connectivity index (χ1n) is 6.72. The van der Waals surface area contributed by atoms with Gasteiger partial charge in [-0.15, -0.1) is 0 Å². The molecule has 1 heterocycles. The Balaban J connectivity index is 2.85. The van der Waals surface area contributed by atoms with Crippen molar-refractivity contribution < 1.29 is 23.9 Å². The quantitative estimate of drug-likeness (QED) is 0.766. The highest BCUT2D eigenvalue weighted by Gasteiger charge is 2.22. The molecule has 0 radical (unpaired) electrons. The van der Waals surface area contributed by atoms with Crippen LogP contribution < -0.4 is 5.32 Å². The number of esters is 2. The zero-order valence-electron chi connectivity index (χ0n) is 12.7. The van der Waals surface area contributed by atoms with Crippen molar-refractivity contribution >= 4 is 17.8 Å². The van der Waals surface area contributed by atoms with Crippen molar-refractivity contribution in [2.24, 2.45) is 0 Å². The number of amides is 1. The first-order chi connectivity index (χ1) is 9.92. The van der Waals surface area contributed by atoms with E-state index in [0.29, 0.717) is 16.8 Å². The molecule has 0 fully saturated rings. The van der Waals surface area contributed by atoms with Gasteiger partial charge in [-0.1, -0.05) is 0 Å². The molecule has 0 atom stereocenters. The van der Waals surface area contributed by atoms with Gasteiger partial charge in [0.25, 0.3) is 5.91 Å². The minimum Gasteiger partial charge on any atom is -0.465 e. The molecule has 0 spiro atoms. The topological polar surface area (TPSA) is 97.5 Å². The molecule has 0 aliphatic rings. The van der Waals surface area contributed by atoms with Gasteiger partial charge >= 0.3 is 11.9 Å². The van der Waals surface area contributed by atoms with E-state index in [0.717, 1.165) is 0 Å². The molecular weight excluding hydrogens is 276 g/mol. The summed E-state index contributed by atoms with van der Waals surface area (Å²) in [7, 11) is 0. The van der Waals surface area contributed by atoms with E-state index < -0.39 is 17.8 Å². The van der Waals surface area contributed by atoms with Crippen LogP contribution in [0.25, 0.3) is 0 Å². The minimum absolute atomic E-state index is 0.217. The first kappa shape index (κ1) is 16.7. The van der Waals surface area contributed by atoms with Gasteiger partial charge in [-0.05, 0) is 33.3 Å². The number of aryl methyl sites for hydroxylation is 1. The molecule has 1 aromatic rings. The second-order valence-electron chi connectivity index (χ2n) is 4.33. The lowest BCUT2D eigenvalue weighted by atomic mass is 10.1. The number of aromatic amines is 1. The van der Waals surface area contributed by atoms with Gasteiger partial charge in [0.1, 0.15) is 12.2 Å². The standard InChI is InChI=1S/C14H20N2O5/c1-5-20-10(17)7-15-13(18)11-8(3)12(16-9(11)4)14(19)21-6-2/h16H,5-7H2,1-4H3,(H,15,18). The lowest BCUT2D eigenvalue weighted by Crippen LogP contribution is -2.31. The van der Waals surface area contributed by atoms with Crippen LogP contribution in [0.5, 0.6) is 0 Å². The third-order valence-electron chi connectivity index (χ3n) is 2.84. The average Bonchev–Trinajstić information content (AvgIpc) is 2.72. The molecule has 0 saturated heterocycles. The van der Waals surface area contributed by atoms with Crippen LogP contribution in [0.3, 0.4) is 0 Å². The number of carbonyl (C=O) groups excluding carboxylic acids is 3. The molecule has 1 aromatic heterocycles. The largest absolute Gasteiger partial charge is 0.465 e. The third-order valence-corrected chi connectivity index (χ3v) is 2.84. The molecule has 1 amide bonds. The van der Waals surface area contributed by atoms with E-state index in [2.05, 4.69) is 10.3 Å². The van der Waals surface area contributed by atoms with Gasteiger partial charge in [-0.2, -0.15) is 0 Å². The second kappa shape index (κ2) is 7.47. The number of hydrogen-bond acceptors (Lipinski definition) is 5. The van der Waals surface area contributed by atoms with E-state index in [4.69, 9.17) is 9.47 Å². The molecule has 0 aliphatic heterocycles. The maximum absolute atomic E-state index is 12.1. The fourth-order valence-corrected chi connectivity index (χ4v) is 1.95. The lowest BCUT2D eigenvalue weighted by Gasteiger charge is -2.06. The van der Waals surface area contributed by atoms with Crippen molar-refractivity contribution in [3.8, 4) is 0 Å². The first-order valence-corrected chi connectivity index (χ1v) is 6.72. The van der Waals surface area contributed by atoms with E-state index in [9.17, 15) is 14.4 Å². The van der Waals surface area contributed by atoms with Crippen LogP contribution in [0.4, 0.5) is 0 Å². The molecule has 7 nitrogen and oxygen atoms in total. The Labute approximate surface area is 123 Å². The maximum Gasteiger partial charge on any atom is 0.355 e. The second-order valence-corrected chi connectivity index (χ2v) is 4.33. The van der Waals surface area contributed by atoms with Crippen molar-refractivity contribution in [1.29, 1.82) is 0 Å². The molecule has 21 heavy (non-hydrogen) atoms. The highest BCUT2D eigenvalue weighted by atomic mass is 16.5. The predicted molar refractivity (Wildman–Crippen MR) is 75.2 cm³/mol. The number of hydrogen-bond donors (Lipinski definition) is 2. The molecule has 1 rings (SSSR count). The predicted octanol–water partition coefficient (Wildman–Crippen LogP) is 1.10. The average molecular weight is 296 g/mol. The Kier molecular flexibility index (Phi) is 5.95. The summed E-state index contributed by atoms with van der Waals surface area (Å²) in [6.45, 7) is 7.00. The Morgan fingerprint density at radius 1 is 1.10 bits per heavy atom. The fraction of sp³-hybridized carbons (Fsp3) is 0.500. The van der Waals surface area contributed by atoms with Crippen molar-refractivity contribution in [2.45, 2.75) is 27.7 Å². The molecule has 7 heteroatoms. The Morgan fingerprint density at radius 2 is 1.71 bits per heavy atom. The molecule has 2 N–H and O–H groups in total. The third kappa shape index (κ3) is 4.08. The van der Waals surface area contributed by atoms with Crippen LogP contribution in [0.1, 0.15) is 46.0 Å². The Morgan fingerprint density at radius 3 is 2.29 bits per heavy atom. The van der Waals surface area contributed by atoms with Gasteiger partial charge in [-0.25, -0.2) is 4.79 Å². The summed E-state index contributed by atoms with van der Waals surface area (Å²) in [6.07, 6.45) is 0. The summed E-state index contributed by atoms with van der Waals surface area (Å²) in [5, 5.41) is 2.46. The van der Waals surface area contributed by atoms with E-state index in [1.54, 1.807) is 27.7 Å². The van der Waals surface area contributed by atoms with E-state index in [1.807, 2.05) is 0 Å². The van der Waals surface area contributed by atoms with Crippen LogP contribution >= 0.6 is 0 Å². The molecule has 0 bridgehead atoms.